The van der Waals surface area contributed by atoms with Crippen LogP contribution >= 0.6 is 0 Å². The van der Waals surface area contributed by atoms with Crippen LogP contribution in [0.3, 0.4) is 0 Å². The van der Waals surface area contributed by atoms with Crippen molar-refractivity contribution in [3.63, 3.8) is 0 Å². The topological polar surface area (TPSA) is 205 Å². The second-order valence-corrected chi connectivity index (χ2v) is 15.8. The van der Waals surface area contributed by atoms with Gasteiger partial charge < -0.3 is 20.0 Å². The Balaban J connectivity index is 0.000000188. The molecule has 0 amide bonds. The van der Waals surface area contributed by atoms with Crippen molar-refractivity contribution in [1.29, 1.82) is 0 Å². The normalized spacial score (nSPS) is 18.8. The molecule has 262 valence electrons. The van der Waals surface area contributed by atoms with Gasteiger partial charge >= 0.3 is 10.2 Å². The smallest absolute Gasteiger partial charge is 0.332 e. The van der Waals surface area contributed by atoms with E-state index in [1.807, 2.05) is 30.6 Å². The molecule has 0 aliphatic carbocycles. The number of H-pyrrole nitrogens is 1. The lowest BCUT2D eigenvalue weighted by atomic mass is 9.95. The Morgan fingerprint density at radius 3 is 1.96 bits per heavy atom. The second-order valence-electron chi connectivity index (χ2n) is 14.5. The molecule has 5 aromatic rings. The summed E-state index contributed by atoms with van der Waals surface area (Å²) in [5.74, 6) is 2.66. The predicted octanol–water partition coefficient (Wildman–Crippen LogP) is 2.41. The number of rotatable bonds is 5. The molecule has 7 rings (SSSR count). The van der Waals surface area contributed by atoms with Gasteiger partial charge in [-0.25, -0.2) is 24.6 Å². The first kappa shape index (κ1) is 34.4. The molecule has 6 heterocycles. The first-order chi connectivity index (χ1) is 23.0. The Labute approximate surface area is 283 Å². The predicted molar refractivity (Wildman–Crippen MR) is 180 cm³/mol. The van der Waals surface area contributed by atoms with Gasteiger partial charge in [-0.05, 0) is 24.5 Å². The Bertz CT molecular complexity index is 2090. The number of anilines is 2. The number of aromatic nitrogens is 10. The van der Waals surface area contributed by atoms with Gasteiger partial charge in [0.05, 0.1) is 18.8 Å². The molecule has 49 heavy (non-hydrogen) atoms. The molecule has 2 atom stereocenters. The summed E-state index contributed by atoms with van der Waals surface area (Å²) < 4.78 is 38.2. The average molecular weight is 697 g/mol. The zero-order valence-corrected chi connectivity index (χ0v) is 29.1. The zero-order valence-electron chi connectivity index (χ0n) is 28.3. The highest BCUT2D eigenvalue weighted by Gasteiger charge is 2.30. The monoisotopic (exact) mass is 696 g/mol. The SMILES string of the molecule is CC(C)(C)c1nc(N2CC[C@H](O)C2)c2n[nH]nc2n1.CC(C)(C)c1nc(N2CC[C@H](O)C2)c2nnn(Cc3ccccc3S(=O)(=O)F)c2n1. The number of nitrogens with one attached hydrogen (secondary N) is 1. The molecule has 2 aliphatic rings. The van der Waals surface area contributed by atoms with Gasteiger partial charge in [0.2, 0.25) is 5.65 Å². The molecule has 0 radical (unpaired) electrons. The Morgan fingerprint density at radius 1 is 0.837 bits per heavy atom. The first-order valence-electron chi connectivity index (χ1n) is 16.1. The summed E-state index contributed by atoms with van der Waals surface area (Å²) in [4.78, 5) is 22.0. The quantitative estimate of drug-likeness (QED) is 0.226. The lowest BCUT2D eigenvalue weighted by Crippen LogP contribution is -2.25. The highest BCUT2D eigenvalue weighted by Crippen LogP contribution is 2.31. The lowest BCUT2D eigenvalue weighted by molar-refractivity contribution is 0.198. The van der Waals surface area contributed by atoms with E-state index in [1.54, 1.807) is 6.07 Å². The number of halogens is 1. The number of aliphatic hydroxyl groups excluding tert-OH is 2. The van der Waals surface area contributed by atoms with E-state index in [-0.39, 0.29) is 29.0 Å². The summed E-state index contributed by atoms with van der Waals surface area (Å²) >= 11 is 0. The molecule has 2 fully saturated rings. The third kappa shape index (κ3) is 7.30. The number of nitrogens with zero attached hydrogens (tertiary/aromatic N) is 11. The summed E-state index contributed by atoms with van der Waals surface area (Å²) in [6, 6.07) is 5.85. The largest absolute Gasteiger partial charge is 0.391 e. The fourth-order valence-corrected chi connectivity index (χ4v) is 6.38. The second kappa shape index (κ2) is 12.8. The van der Waals surface area contributed by atoms with Crippen LogP contribution in [-0.4, -0.2) is 107 Å². The summed E-state index contributed by atoms with van der Waals surface area (Å²) in [5, 5.41) is 38.8. The van der Waals surface area contributed by atoms with Gasteiger partial charge in [-0.15, -0.1) is 14.1 Å². The van der Waals surface area contributed by atoms with Crippen LogP contribution in [-0.2, 0) is 27.6 Å². The highest BCUT2D eigenvalue weighted by molar-refractivity contribution is 7.86. The Morgan fingerprint density at radius 2 is 1.41 bits per heavy atom. The molecule has 1 aromatic carbocycles. The van der Waals surface area contributed by atoms with Gasteiger partial charge in [0.1, 0.15) is 16.5 Å². The molecule has 16 nitrogen and oxygen atoms in total. The van der Waals surface area contributed by atoms with Crippen molar-refractivity contribution < 1.29 is 22.5 Å². The molecule has 0 saturated carbocycles. The van der Waals surface area contributed by atoms with Crippen LogP contribution in [0.2, 0.25) is 0 Å². The third-order valence-electron chi connectivity index (χ3n) is 8.33. The maximum absolute atomic E-state index is 13.7. The fourth-order valence-electron chi connectivity index (χ4n) is 5.69. The van der Waals surface area contributed by atoms with E-state index in [9.17, 15) is 22.5 Å². The molecular formula is C31H41FN12O4S. The fraction of sp³-hybridized carbons (Fsp3) is 0.548. The Kier molecular flexibility index (Phi) is 8.99. The summed E-state index contributed by atoms with van der Waals surface area (Å²) in [7, 11) is -4.88. The van der Waals surface area contributed by atoms with Gasteiger partial charge in [-0.3, -0.25) is 0 Å². The number of hydrogen-bond donors (Lipinski definition) is 3. The van der Waals surface area contributed by atoms with Crippen LogP contribution in [0.25, 0.3) is 22.3 Å². The van der Waals surface area contributed by atoms with Crippen LogP contribution in [0.4, 0.5) is 15.5 Å². The van der Waals surface area contributed by atoms with Crippen molar-refractivity contribution in [2.45, 2.75) is 88.9 Å². The number of β-amino-alcohol motifs (C(OH)–C–C–N with tert-alkyl or cyclic N) is 2. The number of aliphatic hydroxyl groups is 2. The van der Waals surface area contributed by atoms with Crippen molar-refractivity contribution in [2.75, 3.05) is 36.0 Å². The minimum atomic E-state index is -4.88. The van der Waals surface area contributed by atoms with Crippen LogP contribution < -0.4 is 9.80 Å². The van der Waals surface area contributed by atoms with Gasteiger partial charge in [0, 0.05) is 37.0 Å². The van der Waals surface area contributed by atoms with E-state index in [0.717, 1.165) is 24.6 Å². The summed E-state index contributed by atoms with van der Waals surface area (Å²) in [5.41, 5.74) is 1.87. The van der Waals surface area contributed by atoms with E-state index < -0.39 is 21.2 Å². The molecule has 0 unspecified atom stereocenters. The van der Waals surface area contributed by atoms with Gasteiger partial charge in [-0.2, -0.15) is 18.7 Å². The van der Waals surface area contributed by atoms with Crippen molar-refractivity contribution >= 4 is 44.2 Å². The molecule has 4 aromatic heterocycles. The van der Waals surface area contributed by atoms with Crippen LogP contribution in [0.5, 0.6) is 0 Å². The maximum Gasteiger partial charge on any atom is 0.332 e. The number of benzene rings is 1. The first-order valence-corrected chi connectivity index (χ1v) is 17.5. The van der Waals surface area contributed by atoms with E-state index in [4.69, 9.17) is 4.98 Å². The molecule has 3 N–H and O–H groups in total. The zero-order chi connectivity index (χ0) is 35.3. The van der Waals surface area contributed by atoms with E-state index >= 15 is 0 Å². The highest BCUT2D eigenvalue weighted by atomic mass is 32.3. The molecule has 18 heteroatoms. The molecule has 2 saturated heterocycles. The van der Waals surface area contributed by atoms with Crippen molar-refractivity contribution in [3.05, 3.63) is 41.5 Å². The molecule has 0 bridgehead atoms. The third-order valence-corrected chi connectivity index (χ3v) is 9.26. The number of hydrogen-bond acceptors (Lipinski definition) is 14. The summed E-state index contributed by atoms with van der Waals surface area (Å²) in [6.07, 6.45) is 0.653. The van der Waals surface area contributed by atoms with Crippen molar-refractivity contribution in [3.8, 4) is 0 Å². The Hall–Kier alpha value is -4.42. The van der Waals surface area contributed by atoms with E-state index in [2.05, 4.69) is 61.4 Å². The van der Waals surface area contributed by atoms with Gasteiger partial charge in [-0.1, -0.05) is 65.0 Å². The maximum atomic E-state index is 13.7. The van der Waals surface area contributed by atoms with E-state index in [0.29, 0.717) is 60.0 Å². The minimum Gasteiger partial charge on any atom is -0.391 e. The van der Waals surface area contributed by atoms with Gasteiger partial charge in [0.25, 0.3) is 0 Å². The lowest BCUT2D eigenvalue weighted by Gasteiger charge is -2.22. The van der Waals surface area contributed by atoms with Crippen molar-refractivity contribution in [2.24, 2.45) is 0 Å². The molecule has 0 spiro atoms. The average Bonchev–Trinajstić information content (AvgIpc) is 3.83. The van der Waals surface area contributed by atoms with Gasteiger partial charge in [0.15, 0.2) is 28.3 Å². The van der Waals surface area contributed by atoms with Crippen LogP contribution in [0.15, 0.2) is 29.2 Å². The molecule has 2 aliphatic heterocycles. The summed E-state index contributed by atoms with van der Waals surface area (Å²) in [6.45, 7) is 14.6. The number of aromatic amines is 1. The van der Waals surface area contributed by atoms with Crippen LogP contribution in [0.1, 0.15) is 71.6 Å². The molecular weight excluding hydrogens is 655 g/mol. The standard InChI is InChI=1S/C19H23FN6O3S.C12H18N6O/c1-19(2,3)18-21-16(25-9-8-13(27)11-25)15-17(22-18)26(24-23-15)10-12-6-4-5-7-14(12)30(20,28)29;1-12(2,3)11-13-9-8(15-17-16-9)10(14-11)18-5-4-7(19)6-18/h4-7,13,27H,8-11H2,1-3H3;7,19H,4-6H2,1-3H3,(H,13,14,15,16,17)/t13-;7-/m00/s1. The minimum absolute atomic E-state index is 0.0154. The number of fused-ring (bicyclic) bond motifs is 2. The van der Waals surface area contributed by atoms with E-state index in [1.165, 1.54) is 22.9 Å². The van der Waals surface area contributed by atoms with Crippen LogP contribution in [0, 0.1) is 0 Å². The van der Waals surface area contributed by atoms with Crippen molar-refractivity contribution in [1.82, 2.24) is 50.3 Å².